The molecule has 1 N–H and O–H groups in total. The number of ketones is 1. The molecule has 0 radical (unpaired) electrons. The number of hydrogen-bond acceptors (Lipinski definition) is 7. The number of methoxy groups -OCH3 is 2. The van der Waals surface area contributed by atoms with Gasteiger partial charge in [-0.2, -0.15) is 0 Å². The number of amides is 1. The van der Waals surface area contributed by atoms with Crippen LogP contribution < -0.4 is 24.0 Å². The highest BCUT2D eigenvalue weighted by molar-refractivity contribution is 6.51. The van der Waals surface area contributed by atoms with E-state index in [0.29, 0.717) is 40.7 Å². The lowest BCUT2D eigenvalue weighted by molar-refractivity contribution is -0.132. The number of anilines is 2. The van der Waals surface area contributed by atoms with Gasteiger partial charge < -0.3 is 24.2 Å². The largest absolute Gasteiger partial charge is 0.507 e. The molecule has 8 heteroatoms. The Labute approximate surface area is 222 Å². The van der Waals surface area contributed by atoms with Crippen LogP contribution in [0, 0.1) is 0 Å². The average Bonchev–Trinajstić information content (AvgIpc) is 3.21. The van der Waals surface area contributed by atoms with Crippen molar-refractivity contribution >= 4 is 28.8 Å². The molecule has 0 aliphatic carbocycles. The summed E-state index contributed by atoms with van der Waals surface area (Å²) in [5.74, 6) is -0.213. The summed E-state index contributed by atoms with van der Waals surface area (Å²) in [7, 11) is 6.88. The maximum Gasteiger partial charge on any atom is 0.300 e. The molecular formula is C30H32N2O6. The van der Waals surface area contributed by atoms with Crippen molar-refractivity contribution in [1.82, 2.24) is 0 Å². The van der Waals surface area contributed by atoms with Crippen molar-refractivity contribution in [1.29, 1.82) is 0 Å². The van der Waals surface area contributed by atoms with Crippen LogP contribution in [-0.4, -0.2) is 51.7 Å². The van der Waals surface area contributed by atoms with Gasteiger partial charge in [0.05, 0.1) is 32.4 Å². The summed E-state index contributed by atoms with van der Waals surface area (Å²) in [5.41, 5.74) is 2.49. The highest BCUT2D eigenvalue weighted by Gasteiger charge is 2.47. The zero-order valence-corrected chi connectivity index (χ0v) is 22.2. The fraction of sp³-hybridized carbons (Fsp3) is 0.267. The van der Waals surface area contributed by atoms with Gasteiger partial charge in [-0.1, -0.05) is 19.1 Å². The molecule has 38 heavy (non-hydrogen) atoms. The van der Waals surface area contributed by atoms with Crippen LogP contribution in [0.4, 0.5) is 11.4 Å². The van der Waals surface area contributed by atoms with Gasteiger partial charge in [0.25, 0.3) is 11.7 Å². The SMILES string of the molecule is CCCOc1ccc(/C(O)=C2\C(=O)C(=O)N(c3ccc(OC)c(OC)c3)C2c2ccc(N(C)C)cc2)cc1. The summed E-state index contributed by atoms with van der Waals surface area (Å²) >= 11 is 0. The van der Waals surface area contributed by atoms with E-state index in [4.69, 9.17) is 14.2 Å². The van der Waals surface area contributed by atoms with Crippen molar-refractivity contribution < 1.29 is 28.9 Å². The third kappa shape index (κ3) is 5.02. The Morgan fingerprint density at radius 1 is 0.921 bits per heavy atom. The normalized spacial score (nSPS) is 16.4. The molecule has 4 rings (SSSR count). The van der Waals surface area contributed by atoms with E-state index in [1.54, 1.807) is 42.5 Å². The molecule has 1 fully saturated rings. The van der Waals surface area contributed by atoms with Crippen LogP contribution in [0.5, 0.6) is 17.2 Å². The number of hydrogen-bond donors (Lipinski definition) is 1. The number of benzene rings is 3. The lowest BCUT2D eigenvalue weighted by Gasteiger charge is -2.26. The Morgan fingerprint density at radius 3 is 2.16 bits per heavy atom. The predicted molar refractivity (Wildman–Crippen MR) is 147 cm³/mol. The molecule has 3 aromatic rings. The molecule has 1 amide bonds. The Kier molecular flexibility index (Phi) is 7.90. The number of aliphatic hydroxyl groups is 1. The molecular weight excluding hydrogens is 484 g/mol. The van der Waals surface area contributed by atoms with Gasteiger partial charge in [-0.25, -0.2) is 0 Å². The first kappa shape index (κ1) is 26.6. The Hall–Kier alpha value is -4.46. The van der Waals surface area contributed by atoms with Crippen molar-refractivity contribution in [2.45, 2.75) is 19.4 Å². The van der Waals surface area contributed by atoms with Gasteiger partial charge >= 0.3 is 0 Å². The number of carbonyl (C=O) groups excluding carboxylic acids is 2. The molecule has 1 aliphatic heterocycles. The fourth-order valence-corrected chi connectivity index (χ4v) is 4.43. The van der Waals surface area contributed by atoms with Crippen molar-refractivity contribution in [3.63, 3.8) is 0 Å². The monoisotopic (exact) mass is 516 g/mol. The molecule has 0 saturated carbocycles. The van der Waals surface area contributed by atoms with Crippen LogP contribution in [0.3, 0.4) is 0 Å². The smallest absolute Gasteiger partial charge is 0.300 e. The van der Waals surface area contributed by atoms with Crippen LogP contribution in [0.25, 0.3) is 5.76 Å². The van der Waals surface area contributed by atoms with Gasteiger partial charge in [0.15, 0.2) is 11.5 Å². The van der Waals surface area contributed by atoms with Crippen LogP contribution in [-0.2, 0) is 9.59 Å². The van der Waals surface area contributed by atoms with Crippen molar-refractivity contribution in [2.75, 3.05) is 44.7 Å². The van der Waals surface area contributed by atoms with Gasteiger partial charge in [-0.3, -0.25) is 14.5 Å². The van der Waals surface area contributed by atoms with E-state index in [-0.39, 0.29) is 11.3 Å². The molecule has 0 bridgehead atoms. The van der Waals surface area contributed by atoms with E-state index in [9.17, 15) is 14.7 Å². The van der Waals surface area contributed by atoms with Gasteiger partial charge in [0.1, 0.15) is 11.5 Å². The van der Waals surface area contributed by atoms with E-state index >= 15 is 0 Å². The third-order valence-corrected chi connectivity index (χ3v) is 6.42. The highest BCUT2D eigenvalue weighted by atomic mass is 16.5. The molecule has 0 spiro atoms. The van der Waals surface area contributed by atoms with Crippen molar-refractivity contribution in [2.24, 2.45) is 0 Å². The lowest BCUT2D eigenvalue weighted by Crippen LogP contribution is -2.29. The molecule has 0 aromatic heterocycles. The molecule has 198 valence electrons. The van der Waals surface area contributed by atoms with Crippen LogP contribution in [0.15, 0.2) is 72.3 Å². The van der Waals surface area contributed by atoms with Gasteiger partial charge in [-0.05, 0) is 60.5 Å². The number of Topliss-reactive ketones (excluding diaryl/α,β-unsaturated/α-hetero) is 1. The zero-order valence-electron chi connectivity index (χ0n) is 22.2. The topological polar surface area (TPSA) is 88.5 Å². The van der Waals surface area contributed by atoms with E-state index < -0.39 is 17.7 Å². The van der Waals surface area contributed by atoms with E-state index in [1.165, 1.54) is 19.1 Å². The summed E-state index contributed by atoms with van der Waals surface area (Å²) in [4.78, 5) is 30.3. The minimum absolute atomic E-state index is 0.00427. The third-order valence-electron chi connectivity index (χ3n) is 6.42. The number of rotatable bonds is 9. The first-order valence-corrected chi connectivity index (χ1v) is 12.3. The summed E-state index contributed by atoms with van der Waals surface area (Å²) in [5, 5.41) is 11.4. The predicted octanol–water partition coefficient (Wildman–Crippen LogP) is 5.18. The second-order valence-corrected chi connectivity index (χ2v) is 9.07. The molecule has 1 heterocycles. The second-order valence-electron chi connectivity index (χ2n) is 9.07. The summed E-state index contributed by atoms with van der Waals surface area (Å²) in [6.45, 7) is 2.59. The molecule has 3 aromatic carbocycles. The van der Waals surface area contributed by atoms with Gasteiger partial charge in [-0.15, -0.1) is 0 Å². The van der Waals surface area contributed by atoms with Gasteiger partial charge in [0.2, 0.25) is 0 Å². The first-order valence-electron chi connectivity index (χ1n) is 12.3. The molecule has 1 atom stereocenters. The van der Waals surface area contributed by atoms with Crippen molar-refractivity contribution in [3.8, 4) is 17.2 Å². The van der Waals surface area contributed by atoms with Crippen molar-refractivity contribution in [3.05, 3.63) is 83.4 Å². The van der Waals surface area contributed by atoms with Crippen LogP contribution >= 0.6 is 0 Å². The van der Waals surface area contributed by atoms with Gasteiger partial charge in [0, 0.05) is 37.1 Å². The maximum atomic E-state index is 13.5. The lowest BCUT2D eigenvalue weighted by atomic mass is 9.95. The number of ether oxygens (including phenoxy) is 3. The Bertz CT molecular complexity index is 1350. The summed E-state index contributed by atoms with van der Waals surface area (Å²) in [6.07, 6.45) is 0.869. The fourth-order valence-electron chi connectivity index (χ4n) is 4.43. The standard InChI is InChI=1S/C30H32N2O6/c1-6-17-38-23-14-9-20(10-15-23)28(33)26-27(19-7-11-21(12-8-19)31(2)3)32(30(35)29(26)34)22-13-16-24(36-4)25(18-22)37-5/h7-16,18,27,33H,6,17H2,1-5H3/b28-26+. The van der Waals surface area contributed by atoms with Crippen LogP contribution in [0.2, 0.25) is 0 Å². The van der Waals surface area contributed by atoms with E-state index in [1.807, 2.05) is 50.2 Å². The summed E-state index contributed by atoms with van der Waals surface area (Å²) in [6, 6.07) is 18.5. The molecule has 1 saturated heterocycles. The van der Waals surface area contributed by atoms with E-state index in [2.05, 4.69) is 0 Å². The summed E-state index contributed by atoms with van der Waals surface area (Å²) < 4.78 is 16.4. The highest BCUT2D eigenvalue weighted by Crippen LogP contribution is 2.44. The van der Waals surface area contributed by atoms with E-state index in [0.717, 1.165) is 12.1 Å². The Morgan fingerprint density at radius 2 is 1.58 bits per heavy atom. The minimum atomic E-state index is -0.861. The van der Waals surface area contributed by atoms with Crippen LogP contribution in [0.1, 0.15) is 30.5 Å². The molecule has 8 nitrogen and oxygen atoms in total. The Balaban J connectivity index is 1.87. The minimum Gasteiger partial charge on any atom is -0.507 e. The maximum absolute atomic E-state index is 13.5. The quantitative estimate of drug-likeness (QED) is 0.238. The first-order chi connectivity index (χ1) is 18.3. The molecule has 1 unspecified atom stereocenters. The molecule has 1 aliphatic rings. The zero-order chi connectivity index (χ0) is 27.4. The average molecular weight is 517 g/mol. The number of aliphatic hydroxyl groups excluding tert-OH is 1. The number of nitrogens with zero attached hydrogens (tertiary/aromatic N) is 2. The number of carbonyl (C=O) groups is 2. The second kappa shape index (κ2) is 11.3.